The predicted octanol–water partition coefficient (Wildman–Crippen LogP) is 4.23. The molecular weight excluding hydrogens is 225 g/mol. The number of hydrogen-bond acceptors (Lipinski definition) is 1. The molecule has 18 heavy (non-hydrogen) atoms. The van der Waals surface area contributed by atoms with E-state index in [0.717, 1.165) is 18.8 Å². The van der Waals surface area contributed by atoms with Gasteiger partial charge in [-0.1, -0.05) is 32.8 Å². The molecule has 2 heteroatoms. The minimum Gasteiger partial charge on any atom is -0.307 e. The van der Waals surface area contributed by atoms with Crippen LogP contribution in [0.2, 0.25) is 0 Å². The Morgan fingerprint density at radius 2 is 2.06 bits per heavy atom. The van der Waals surface area contributed by atoms with E-state index in [1.165, 1.54) is 24.0 Å². The Labute approximate surface area is 110 Å². The molecule has 1 aliphatic carbocycles. The molecule has 1 aliphatic rings. The molecule has 100 valence electrons. The average molecular weight is 249 g/mol. The van der Waals surface area contributed by atoms with Gasteiger partial charge in [-0.05, 0) is 48.9 Å². The lowest BCUT2D eigenvalue weighted by Crippen LogP contribution is -2.35. The molecule has 2 unspecified atom stereocenters. The Morgan fingerprint density at radius 1 is 1.33 bits per heavy atom. The van der Waals surface area contributed by atoms with Gasteiger partial charge in [0, 0.05) is 12.1 Å². The van der Waals surface area contributed by atoms with Gasteiger partial charge in [0.05, 0.1) is 0 Å². The fourth-order valence-electron chi connectivity index (χ4n) is 3.21. The summed E-state index contributed by atoms with van der Waals surface area (Å²) in [5, 5.41) is 3.73. The highest BCUT2D eigenvalue weighted by Gasteiger charge is 2.25. The molecule has 1 nitrogen and oxygen atoms in total. The van der Waals surface area contributed by atoms with Crippen molar-refractivity contribution in [1.82, 2.24) is 5.32 Å². The van der Waals surface area contributed by atoms with Crippen LogP contribution in [0.15, 0.2) is 18.2 Å². The van der Waals surface area contributed by atoms with Gasteiger partial charge in [0.2, 0.25) is 0 Å². The first-order valence-electron chi connectivity index (χ1n) is 7.20. The summed E-state index contributed by atoms with van der Waals surface area (Å²) < 4.78 is 13.2. The third-order valence-corrected chi connectivity index (χ3v) is 4.40. The van der Waals surface area contributed by atoms with Crippen LogP contribution in [0.1, 0.15) is 57.2 Å². The number of aryl methyl sites for hydroxylation is 1. The third-order valence-electron chi connectivity index (χ3n) is 4.40. The highest BCUT2D eigenvalue weighted by molar-refractivity contribution is 5.35. The summed E-state index contributed by atoms with van der Waals surface area (Å²) in [6, 6.07) is 6.17. The number of fused-ring (bicyclic) bond motifs is 1. The second-order valence-corrected chi connectivity index (χ2v) is 5.47. The van der Waals surface area contributed by atoms with Crippen molar-refractivity contribution in [2.75, 3.05) is 0 Å². The summed E-state index contributed by atoms with van der Waals surface area (Å²) in [7, 11) is 0. The van der Waals surface area contributed by atoms with Crippen LogP contribution in [0.5, 0.6) is 0 Å². The van der Waals surface area contributed by atoms with Gasteiger partial charge in [0.25, 0.3) is 0 Å². The minimum atomic E-state index is -0.109. The van der Waals surface area contributed by atoms with E-state index in [1.54, 1.807) is 12.1 Å². The SMILES string of the molecule is CCC(CC)C(C)NC1CCc2cc(F)ccc21. The van der Waals surface area contributed by atoms with Crippen molar-refractivity contribution in [2.45, 2.75) is 58.5 Å². The van der Waals surface area contributed by atoms with Gasteiger partial charge in [-0.3, -0.25) is 0 Å². The van der Waals surface area contributed by atoms with E-state index >= 15 is 0 Å². The number of halogens is 1. The molecule has 0 bridgehead atoms. The van der Waals surface area contributed by atoms with Crippen LogP contribution >= 0.6 is 0 Å². The summed E-state index contributed by atoms with van der Waals surface area (Å²) in [5.41, 5.74) is 2.48. The van der Waals surface area contributed by atoms with Crippen LogP contribution in [0, 0.1) is 11.7 Å². The molecule has 0 saturated carbocycles. The summed E-state index contributed by atoms with van der Waals surface area (Å²) in [6.45, 7) is 6.79. The maximum absolute atomic E-state index is 13.2. The minimum absolute atomic E-state index is 0.109. The van der Waals surface area contributed by atoms with Crippen LogP contribution < -0.4 is 5.32 Å². The largest absolute Gasteiger partial charge is 0.307 e. The molecule has 0 radical (unpaired) electrons. The van der Waals surface area contributed by atoms with Crippen molar-refractivity contribution in [1.29, 1.82) is 0 Å². The van der Waals surface area contributed by atoms with Crippen LogP contribution in [0.25, 0.3) is 0 Å². The van der Waals surface area contributed by atoms with E-state index in [9.17, 15) is 4.39 Å². The molecule has 0 spiro atoms. The normalized spacial score (nSPS) is 20.2. The molecular formula is C16H24FN. The molecule has 0 aromatic heterocycles. The molecule has 0 saturated heterocycles. The molecule has 1 aromatic rings. The van der Waals surface area contributed by atoms with Crippen LogP contribution in [0.4, 0.5) is 4.39 Å². The number of rotatable bonds is 5. The first kappa shape index (κ1) is 13.5. The second kappa shape index (κ2) is 5.83. The fraction of sp³-hybridized carbons (Fsp3) is 0.625. The van der Waals surface area contributed by atoms with Gasteiger partial charge in [-0.2, -0.15) is 0 Å². The maximum Gasteiger partial charge on any atom is 0.123 e. The number of hydrogen-bond donors (Lipinski definition) is 1. The zero-order valence-electron chi connectivity index (χ0n) is 11.7. The monoisotopic (exact) mass is 249 g/mol. The highest BCUT2D eigenvalue weighted by atomic mass is 19.1. The first-order valence-corrected chi connectivity index (χ1v) is 7.20. The molecule has 0 fully saturated rings. The lowest BCUT2D eigenvalue weighted by molar-refractivity contribution is 0.322. The summed E-state index contributed by atoms with van der Waals surface area (Å²) in [5.74, 6) is 0.622. The number of nitrogens with one attached hydrogen (secondary N) is 1. The Hall–Kier alpha value is -0.890. The zero-order valence-corrected chi connectivity index (χ0v) is 11.7. The second-order valence-electron chi connectivity index (χ2n) is 5.47. The van der Waals surface area contributed by atoms with Crippen LogP contribution in [-0.4, -0.2) is 6.04 Å². The van der Waals surface area contributed by atoms with E-state index in [2.05, 4.69) is 26.1 Å². The Kier molecular flexibility index (Phi) is 4.39. The van der Waals surface area contributed by atoms with Gasteiger partial charge >= 0.3 is 0 Å². The molecule has 0 aliphatic heterocycles. The maximum atomic E-state index is 13.2. The molecule has 2 rings (SSSR count). The van der Waals surface area contributed by atoms with E-state index in [-0.39, 0.29) is 5.82 Å². The van der Waals surface area contributed by atoms with Crippen LogP contribution in [-0.2, 0) is 6.42 Å². The zero-order chi connectivity index (χ0) is 13.1. The standard InChI is InChI=1S/C16H24FN/c1-4-12(5-2)11(3)18-16-9-6-13-10-14(17)7-8-15(13)16/h7-8,10-12,16,18H,4-6,9H2,1-3H3. The van der Waals surface area contributed by atoms with E-state index in [1.807, 2.05) is 6.07 Å². The molecule has 1 aromatic carbocycles. The van der Waals surface area contributed by atoms with Gasteiger partial charge in [-0.25, -0.2) is 4.39 Å². The van der Waals surface area contributed by atoms with Crippen molar-refractivity contribution in [2.24, 2.45) is 5.92 Å². The van der Waals surface area contributed by atoms with E-state index in [0.29, 0.717) is 12.1 Å². The average Bonchev–Trinajstić information content (AvgIpc) is 2.73. The van der Waals surface area contributed by atoms with Gasteiger partial charge in [0.15, 0.2) is 0 Å². The summed E-state index contributed by atoms with van der Waals surface area (Å²) in [6.07, 6.45) is 4.53. The van der Waals surface area contributed by atoms with Crippen molar-refractivity contribution >= 4 is 0 Å². The quantitative estimate of drug-likeness (QED) is 0.823. The Bertz CT molecular complexity index is 398. The van der Waals surface area contributed by atoms with Crippen molar-refractivity contribution in [3.05, 3.63) is 35.1 Å². The van der Waals surface area contributed by atoms with Gasteiger partial charge in [-0.15, -0.1) is 0 Å². The van der Waals surface area contributed by atoms with Gasteiger partial charge in [0.1, 0.15) is 5.82 Å². The molecule has 0 amide bonds. The Balaban J connectivity index is 2.05. The topological polar surface area (TPSA) is 12.0 Å². The smallest absolute Gasteiger partial charge is 0.123 e. The first-order chi connectivity index (χ1) is 8.65. The van der Waals surface area contributed by atoms with Gasteiger partial charge < -0.3 is 5.32 Å². The predicted molar refractivity (Wildman–Crippen MR) is 74.1 cm³/mol. The summed E-state index contributed by atoms with van der Waals surface area (Å²) >= 11 is 0. The number of benzene rings is 1. The third kappa shape index (κ3) is 2.74. The lowest BCUT2D eigenvalue weighted by Gasteiger charge is -2.26. The van der Waals surface area contributed by atoms with Crippen molar-refractivity contribution in [3.63, 3.8) is 0 Å². The molecule has 0 heterocycles. The van der Waals surface area contributed by atoms with E-state index in [4.69, 9.17) is 0 Å². The fourth-order valence-corrected chi connectivity index (χ4v) is 3.21. The van der Waals surface area contributed by atoms with Crippen LogP contribution in [0.3, 0.4) is 0 Å². The van der Waals surface area contributed by atoms with E-state index < -0.39 is 0 Å². The lowest BCUT2D eigenvalue weighted by atomic mass is 9.94. The summed E-state index contributed by atoms with van der Waals surface area (Å²) in [4.78, 5) is 0. The Morgan fingerprint density at radius 3 is 2.72 bits per heavy atom. The molecule has 2 atom stereocenters. The molecule has 1 N–H and O–H groups in total. The van der Waals surface area contributed by atoms with Crippen molar-refractivity contribution in [3.8, 4) is 0 Å². The van der Waals surface area contributed by atoms with Crippen molar-refractivity contribution < 1.29 is 4.39 Å². The highest BCUT2D eigenvalue weighted by Crippen LogP contribution is 2.32.